The van der Waals surface area contributed by atoms with Gasteiger partial charge in [-0.25, -0.2) is 0 Å². The van der Waals surface area contributed by atoms with E-state index in [-0.39, 0.29) is 0 Å². The molecule has 4 rings (SSSR count). The topological polar surface area (TPSA) is 0 Å². The second kappa shape index (κ2) is 10.5. The molecule has 0 atom stereocenters. The molecule has 4 aromatic rings. The minimum atomic E-state index is -0.448. The van der Waals surface area contributed by atoms with E-state index >= 15 is 0 Å². The molecule has 0 saturated heterocycles. The minimum Gasteiger partial charge on any atom is -0.0991 e. The highest BCUT2D eigenvalue weighted by Crippen LogP contribution is 2.41. The summed E-state index contributed by atoms with van der Waals surface area (Å²) < 4.78 is 0. The maximum absolute atomic E-state index is 4.57. The molecule has 0 bridgehead atoms. The van der Waals surface area contributed by atoms with E-state index in [1.165, 1.54) is 26.8 Å². The molecule has 148 valence electrons. The zero-order valence-electron chi connectivity index (χ0n) is 17.1. The Hall–Kier alpha value is -2.52. The largest absolute Gasteiger partial charge is 0.0991 e. The molecule has 4 aromatic carbocycles. The smallest absolute Gasteiger partial charge is 0.00328 e. The van der Waals surface area contributed by atoms with Crippen molar-refractivity contribution in [1.82, 2.24) is 0 Å². The first-order valence-corrected chi connectivity index (χ1v) is 13.3. The summed E-state index contributed by atoms with van der Waals surface area (Å²) in [6.07, 6.45) is 2.06. The maximum atomic E-state index is 4.57. The van der Waals surface area contributed by atoms with Crippen molar-refractivity contribution < 1.29 is 0 Å². The van der Waals surface area contributed by atoms with Gasteiger partial charge in [0.1, 0.15) is 0 Å². The molecule has 0 fully saturated rings. The standard InChI is InChI=1S/C28H26P2/c1-24(22-29(25-14-6-2-7-15-25)26-16-8-3-9-17-26)23-30(27-18-10-4-11-19-27)28-20-12-5-13-21-28/h2-21H,1,22-23H2. The molecule has 0 saturated carbocycles. The summed E-state index contributed by atoms with van der Waals surface area (Å²) in [7, 11) is -0.896. The zero-order chi connectivity index (χ0) is 20.6. The van der Waals surface area contributed by atoms with E-state index in [2.05, 4.69) is 128 Å². The van der Waals surface area contributed by atoms with Gasteiger partial charge < -0.3 is 0 Å². The Bertz CT molecular complexity index is 879. The maximum Gasteiger partial charge on any atom is -0.00328 e. The van der Waals surface area contributed by atoms with Crippen LogP contribution in [0.5, 0.6) is 0 Å². The third-order valence-electron chi connectivity index (χ3n) is 5.03. The van der Waals surface area contributed by atoms with Crippen LogP contribution in [0.4, 0.5) is 0 Å². The van der Waals surface area contributed by atoms with Crippen LogP contribution in [0, 0.1) is 0 Å². The quantitative estimate of drug-likeness (QED) is 0.247. The molecule has 0 spiro atoms. The highest BCUT2D eigenvalue weighted by Gasteiger charge is 2.19. The monoisotopic (exact) mass is 424 g/mol. The first-order chi connectivity index (χ1) is 14.8. The summed E-state index contributed by atoms with van der Waals surface area (Å²) >= 11 is 0. The molecule has 2 heteroatoms. The van der Waals surface area contributed by atoms with Crippen LogP contribution in [0.15, 0.2) is 133 Å². The Morgan fingerprint density at radius 2 is 0.667 bits per heavy atom. The van der Waals surface area contributed by atoms with Gasteiger partial charge in [-0.2, -0.15) is 0 Å². The highest BCUT2D eigenvalue weighted by molar-refractivity contribution is 7.74. The molecule has 0 aliphatic rings. The Morgan fingerprint density at radius 3 is 0.900 bits per heavy atom. The molecule has 0 aliphatic carbocycles. The van der Waals surface area contributed by atoms with Crippen LogP contribution in [0.3, 0.4) is 0 Å². The molecular weight excluding hydrogens is 398 g/mol. The number of hydrogen-bond donors (Lipinski definition) is 0. The molecular formula is C28H26P2. The van der Waals surface area contributed by atoms with E-state index in [0.29, 0.717) is 0 Å². The van der Waals surface area contributed by atoms with Crippen LogP contribution in [0.2, 0.25) is 0 Å². The van der Waals surface area contributed by atoms with Crippen LogP contribution in [-0.2, 0) is 0 Å². The molecule has 0 aromatic heterocycles. The molecule has 0 nitrogen and oxygen atoms in total. The van der Waals surface area contributed by atoms with Crippen molar-refractivity contribution in [2.45, 2.75) is 0 Å². The van der Waals surface area contributed by atoms with Crippen LogP contribution in [-0.4, -0.2) is 12.3 Å². The molecule has 30 heavy (non-hydrogen) atoms. The lowest BCUT2D eigenvalue weighted by Gasteiger charge is -2.24. The fourth-order valence-corrected chi connectivity index (χ4v) is 8.34. The van der Waals surface area contributed by atoms with E-state index in [1.54, 1.807) is 0 Å². The molecule has 0 heterocycles. The van der Waals surface area contributed by atoms with Gasteiger partial charge in [-0.3, -0.25) is 0 Å². The second-order valence-electron chi connectivity index (χ2n) is 7.26. The molecule has 0 unspecified atom stereocenters. The second-order valence-corrected chi connectivity index (χ2v) is 11.7. The van der Waals surface area contributed by atoms with E-state index in [4.69, 9.17) is 0 Å². The van der Waals surface area contributed by atoms with Gasteiger partial charge in [0.15, 0.2) is 0 Å². The van der Waals surface area contributed by atoms with Crippen LogP contribution >= 0.6 is 15.8 Å². The van der Waals surface area contributed by atoms with Gasteiger partial charge in [0.25, 0.3) is 0 Å². The third kappa shape index (κ3) is 5.34. The summed E-state index contributed by atoms with van der Waals surface area (Å²) in [5.74, 6) is 0. The zero-order valence-corrected chi connectivity index (χ0v) is 18.9. The van der Waals surface area contributed by atoms with Crippen molar-refractivity contribution in [2.75, 3.05) is 12.3 Å². The molecule has 0 radical (unpaired) electrons. The van der Waals surface area contributed by atoms with Crippen molar-refractivity contribution in [1.29, 1.82) is 0 Å². The van der Waals surface area contributed by atoms with Crippen molar-refractivity contribution in [3.8, 4) is 0 Å². The summed E-state index contributed by atoms with van der Waals surface area (Å²) in [5.41, 5.74) is 1.34. The average Bonchev–Trinajstić information content (AvgIpc) is 2.83. The lowest BCUT2D eigenvalue weighted by atomic mass is 10.4. The van der Waals surface area contributed by atoms with E-state index in [9.17, 15) is 0 Å². The lowest BCUT2D eigenvalue weighted by Crippen LogP contribution is -2.18. The summed E-state index contributed by atoms with van der Waals surface area (Å²) in [5, 5.41) is 5.68. The lowest BCUT2D eigenvalue weighted by molar-refractivity contribution is 1.43. The Kier molecular flexibility index (Phi) is 7.25. The number of benzene rings is 4. The van der Waals surface area contributed by atoms with Gasteiger partial charge >= 0.3 is 0 Å². The Balaban J connectivity index is 1.60. The Labute approximate surface area is 182 Å². The predicted molar refractivity (Wildman–Crippen MR) is 137 cm³/mol. The number of allylic oxidation sites excluding steroid dienone is 1. The van der Waals surface area contributed by atoms with Crippen molar-refractivity contribution in [3.63, 3.8) is 0 Å². The fraction of sp³-hybridized carbons (Fsp3) is 0.0714. The molecule has 0 amide bonds. The van der Waals surface area contributed by atoms with Crippen molar-refractivity contribution >= 4 is 37.1 Å². The van der Waals surface area contributed by atoms with Crippen molar-refractivity contribution in [3.05, 3.63) is 133 Å². The van der Waals surface area contributed by atoms with E-state index < -0.39 is 15.8 Å². The molecule has 0 aliphatic heterocycles. The molecule has 0 N–H and O–H groups in total. The van der Waals surface area contributed by atoms with Gasteiger partial charge in [-0.1, -0.05) is 133 Å². The number of rotatable bonds is 8. The van der Waals surface area contributed by atoms with Gasteiger partial charge in [0, 0.05) is 0 Å². The van der Waals surface area contributed by atoms with Crippen LogP contribution in [0.25, 0.3) is 0 Å². The van der Waals surface area contributed by atoms with Crippen LogP contribution < -0.4 is 21.2 Å². The summed E-state index contributed by atoms with van der Waals surface area (Å²) in [4.78, 5) is 0. The predicted octanol–water partition coefficient (Wildman–Crippen LogP) is 5.81. The third-order valence-corrected chi connectivity index (χ3v) is 10.2. The van der Waals surface area contributed by atoms with Gasteiger partial charge in [0.05, 0.1) is 0 Å². The highest BCUT2D eigenvalue weighted by atomic mass is 31.1. The first kappa shape index (κ1) is 20.7. The normalized spacial score (nSPS) is 11.0. The van der Waals surface area contributed by atoms with E-state index in [1.807, 2.05) is 0 Å². The summed E-state index contributed by atoms with van der Waals surface area (Å²) in [6, 6.07) is 43.7. The fourth-order valence-electron chi connectivity index (χ4n) is 3.59. The minimum absolute atomic E-state index is 0.448. The SMILES string of the molecule is C=C(CP(c1ccccc1)c1ccccc1)CP(c1ccccc1)c1ccccc1. The first-order valence-electron chi connectivity index (χ1n) is 10.2. The average molecular weight is 424 g/mol. The Morgan fingerprint density at radius 1 is 0.433 bits per heavy atom. The van der Waals surface area contributed by atoms with E-state index in [0.717, 1.165) is 12.3 Å². The van der Waals surface area contributed by atoms with Gasteiger partial charge in [-0.05, 0) is 49.4 Å². The van der Waals surface area contributed by atoms with Crippen molar-refractivity contribution in [2.24, 2.45) is 0 Å². The van der Waals surface area contributed by atoms with Gasteiger partial charge in [-0.15, -0.1) is 0 Å². The summed E-state index contributed by atoms with van der Waals surface area (Å²) in [6.45, 7) is 4.57. The van der Waals surface area contributed by atoms with Gasteiger partial charge in [0.2, 0.25) is 0 Å². The van der Waals surface area contributed by atoms with Crippen LogP contribution in [0.1, 0.15) is 0 Å². The number of hydrogen-bond acceptors (Lipinski definition) is 0.